The highest BCUT2D eigenvalue weighted by molar-refractivity contribution is 5.97. The van der Waals surface area contributed by atoms with E-state index in [9.17, 15) is 14.4 Å². The van der Waals surface area contributed by atoms with Crippen molar-refractivity contribution in [2.75, 3.05) is 43.3 Å². The Balaban J connectivity index is 1.12. The molecule has 0 unspecified atom stereocenters. The van der Waals surface area contributed by atoms with Crippen LogP contribution in [0.3, 0.4) is 0 Å². The van der Waals surface area contributed by atoms with Crippen molar-refractivity contribution in [1.29, 1.82) is 0 Å². The number of fused-ring (bicyclic) bond motifs is 1. The van der Waals surface area contributed by atoms with E-state index in [0.717, 1.165) is 22.5 Å². The first-order valence-electron chi connectivity index (χ1n) is 13.8. The van der Waals surface area contributed by atoms with E-state index in [1.54, 1.807) is 9.80 Å². The molecule has 3 aromatic carbocycles. The fourth-order valence-electron chi connectivity index (χ4n) is 5.72. The zero-order valence-electron chi connectivity index (χ0n) is 23.0. The van der Waals surface area contributed by atoms with Gasteiger partial charge in [-0.25, -0.2) is 4.79 Å². The first-order valence-corrected chi connectivity index (χ1v) is 13.8. The Morgan fingerprint density at radius 2 is 1.66 bits per heavy atom. The molecule has 0 atom stereocenters. The number of hydrogen-bond acceptors (Lipinski definition) is 6. The van der Waals surface area contributed by atoms with Gasteiger partial charge in [-0.15, -0.1) is 0 Å². The number of nitrogens with one attached hydrogen (secondary N) is 2. The topological polar surface area (TPSA) is 103 Å². The Kier molecular flexibility index (Phi) is 7.13. The molecular formula is C31H33N5O5. The average molecular weight is 556 g/mol. The molecular weight excluding hydrogens is 522 g/mol. The number of piperidine rings is 1. The van der Waals surface area contributed by atoms with E-state index in [-0.39, 0.29) is 31.2 Å². The molecule has 41 heavy (non-hydrogen) atoms. The predicted octanol–water partition coefficient (Wildman–Crippen LogP) is 3.71. The maximum Gasteiger partial charge on any atom is 0.321 e. The SMILES string of the molecule is Cc1ccc(NC(=O)N2CCC3(CC2)C(=O)N(CC(=O)NCc2ccc4c(c2)OCO4)CN3c2ccccc2)cc1. The van der Waals surface area contributed by atoms with E-state index in [4.69, 9.17) is 9.47 Å². The number of ether oxygens (including phenoxy) is 2. The number of likely N-dealkylation sites (tertiary alicyclic amines) is 1. The molecule has 10 nitrogen and oxygen atoms in total. The Morgan fingerprint density at radius 3 is 2.41 bits per heavy atom. The fourth-order valence-corrected chi connectivity index (χ4v) is 5.72. The third-order valence-electron chi connectivity index (χ3n) is 8.02. The zero-order chi connectivity index (χ0) is 28.4. The second kappa shape index (κ2) is 11.0. The van der Waals surface area contributed by atoms with Gasteiger partial charge in [0.2, 0.25) is 12.7 Å². The van der Waals surface area contributed by atoms with Crippen molar-refractivity contribution < 1.29 is 23.9 Å². The molecule has 3 aliphatic rings. The van der Waals surface area contributed by atoms with Gasteiger partial charge in [0.1, 0.15) is 12.1 Å². The number of rotatable bonds is 6. The van der Waals surface area contributed by atoms with Crippen LogP contribution in [0, 0.1) is 6.92 Å². The quantitative estimate of drug-likeness (QED) is 0.481. The smallest absolute Gasteiger partial charge is 0.321 e. The van der Waals surface area contributed by atoms with Gasteiger partial charge < -0.3 is 34.8 Å². The van der Waals surface area contributed by atoms with Crippen molar-refractivity contribution in [1.82, 2.24) is 15.1 Å². The van der Waals surface area contributed by atoms with Crippen LogP contribution in [0.15, 0.2) is 72.8 Å². The maximum absolute atomic E-state index is 14.0. The fraction of sp³-hybridized carbons (Fsp3) is 0.323. The normalized spacial score (nSPS) is 17.2. The number of amides is 4. The number of para-hydroxylation sites is 1. The van der Waals surface area contributed by atoms with E-state index in [0.29, 0.717) is 50.6 Å². The predicted molar refractivity (Wildman–Crippen MR) is 154 cm³/mol. The minimum absolute atomic E-state index is 0.0495. The van der Waals surface area contributed by atoms with Gasteiger partial charge in [-0.1, -0.05) is 42.0 Å². The number of benzene rings is 3. The maximum atomic E-state index is 14.0. The van der Waals surface area contributed by atoms with Crippen LogP contribution < -0.4 is 25.0 Å². The summed E-state index contributed by atoms with van der Waals surface area (Å²) in [6.07, 6.45) is 0.939. The van der Waals surface area contributed by atoms with Crippen LogP contribution in [0.2, 0.25) is 0 Å². The Hall–Kier alpha value is -4.73. The number of urea groups is 1. The molecule has 0 aliphatic carbocycles. The molecule has 2 N–H and O–H groups in total. The first-order chi connectivity index (χ1) is 19.9. The lowest BCUT2D eigenvalue weighted by Gasteiger charge is -2.43. The highest BCUT2D eigenvalue weighted by atomic mass is 16.7. The second-order valence-corrected chi connectivity index (χ2v) is 10.7. The van der Waals surface area contributed by atoms with Crippen molar-refractivity contribution in [3.63, 3.8) is 0 Å². The van der Waals surface area contributed by atoms with Crippen molar-refractivity contribution in [3.8, 4) is 11.5 Å². The molecule has 3 aromatic rings. The first kappa shape index (κ1) is 26.5. The monoisotopic (exact) mass is 555 g/mol. The van der Waals surface area contributed by atoms with E-state index < -0.39 is 5.54 Å². The number of anilines is 2. The Bertz CT molecular complexity index is 1440. The summed E-state index contributed by atoms with van der Waals surface area (Å²) < 4.78 is 10.8. The van der Waals surface area contributed by atoms with Crippen LogP contribution in [-0.4, -0.2) is 66.3 Å². The van der Waals surface area contributed by atoms with Gasteiger partial charge in [-0.3, -0.25) is 9.59 Å². The summed E-state index contributed by atoms with van der Waals surface area (Å²) >= 11 is 0. The summed E-state index contributed by atoms with van der Waals surface area (Å²) in [6.45, 7) is 3.61. The largest absolute Gasteiger partial charge is 0.454 e. The van der Waals surface area contributed by atoms with Gasteiger partial charge in [0.15, 0.2) is 11.5 Å². The zero-order valence-corrected chi connectivity index (χ0v) is 23.0. The lowest BCUT2D eigenvalue weighted by atomic mass is 9.85. The van der Waals surface area contributed by atoms with Gasteiger partial charge in [-0.05, 0) is 61.7 Å². The molecule has 10 heteroatoms. The summed E-state index contributed by atoms with van der Waals surface area (Å²) in [4.78, 5) is 45.4. The summed E-state index contributed by atoms with van der Waals surface area (Å²) in [5.74, 6) is 1.02. The average Bonchev–Trinajstić information content (AvgIpc) is 3.56. The van der Waals surface area contributed by atoms with Gasteiger partial charge >= 0.3 is 6.03 Å². The van der Waals surface area contributed by atoms with Crippen LogP contribution >= 0.6 is 0 Å². The van der Waals surface area contributed by atoms with Crippen LogP contribution in [0.5, 0.6) is 11.5 Å². The molecule has 0 saturated carbocycles. The molecule has 1 spiro atoms. The van der Waals surface area contributed by atoms with E-state index in [1.165, 1.54) is 0 Å². The van der Waals surface area contributed by atoms with Crippen LogP contribution in [-0.2, 0) is 16.1 Å². The number of hydrogen-bond donors (Lipinski definition) is 2. The minimum Gasteiger partial charge on any atom is -0.454 e. The molecule has 6 rings (SSSR count). The molecule has 2 saturated heterocycles. The molecule has 3 aliphatic heterocycles. The second-order valence-electron chi connectivity index (χ2n) is 10.7. The molecule has 0 bridgehead atoms. The number of aryl methyl sites for hydroxylation is 1. The molecule has 212 valence electrons. The minimum atomic E-state index is -0.820. The van der Waals surface area contributed by atoms with Gasteiger partial charge in [-0.2, -0.15) is 0 Å². The Morgan fingerprint density at radius 1 is 0.927 bits per heavy atom. The van der Waals surface area contributed by atoms with Crippen molar-refractivity contribution in [2.45, 2.75) is 31.8 Å². The van der Waals surface area contributed by atoms with Crippen molar-refractivity contribution in [3.05, 3.63) is 83.9 Å². The third-order valence-corrected chi connectivity index (χ3v) is 8.02. The lowest BCUT2D eigenvalue weighted by Crippen LogP contribution is -2.58. The van der Waals surface area contributed by atoms with Crippen molar-refractivity contribution in [2.24, 2.45) is 0 Å². The molecule has 0 aromatic heterocycles. The number of carbonyl (C=O) groups excluding carboxylic acids is 3. The van der Waals surface area contributed by atoms with Crippen LogP contribution in [0.4, 0.5) is 16.2 Å². The van der Waals surface area contributed by atoms with Gasteiger partial charge in [0.25, 0.3) is 5.91 Å². The highest BCUT2D eigenvalue weighted by Crippen LogP contribution is 2.39. The molecule has 0 radical (unpaired) electrons. The van der Waals surface area contributed by atoms with Crippen molar-refractivity contribution >= 4 is 29.2 Å². The summed E-state index contributed by atoms with van der Waals surface area (Å²) in [6, 6.07) is 22.8. The summed E-state index contributed by atoms with van der Waals surface area (Å²) in [5.41, 5.74) is 2.84. The van der Waals surface area contributed by atoms with E-state index in [1.807, 2.05) is 79.7 Å². The Labute approximate surface area is 238 Å². The van der Waals surface area contributed by atoms with E-state index >= 15 is 0 Å². The summed E-state index contributed by atoms with van der Waals surface area (Å²) in [5, 5.41) is 5.88. The highest BCUT2D eigenvalue weighted by Gasteiger charge is 2.54. The van der Waals surface area contributed by atoms with Crippen LogP contribution in [0.1, 0.15) is 24.0 Å². The lowest BCUT2D eigenvalue weighted by molar-refractivity contribution is -0.137. The number of nitrogens with zero attached hydrogens (tertiary/aromatic N) is 3. The standard InChI is InChI=1S/C31H33N5O5/c1-22-7-10-24(11-8-22)33-30(39)34-15-13-31(14-16-34)29(38)35(20-36(31)25-5-3-2-4-6-25)19-28(37)32-18-23-9-12-26-27(17-23)41-21-40-26/h2-12,17H,13-16,18-21H2,1H3,(H,32,37)(H,33,39). The molecule has 2 fully saturated rings. The van der Waals surface area contributed by atoms with E-state index in [2.05, 4.69) is 15.5 Å². The molecule has 4 amide bonds. The summed E-state index contributed by atoms with van der Waals surface area (Å²) in [7, 11) is 0. The molecule has 3 heterocycles. The van der Waals surface area contributed by atoms with Gasteiger partial charge in [0.05, 0.1) is 6.67 Å². The van der Waals surface area contributed by atoms with Gasteiger partial charge in [0, 0.05) is 31.0 Å². The number of carbonyl (C=O) groups is 3. The van der Waals surface area contributed by atoms with Crippen LogP contribution in [0.25, 0.3) is 0 Å². The third kappa shape index (κ3) is 5.37.